The van der Waals surface area contributed by atoms with Crippen molar-refractivity contribution < 1.29 is 4.79 Å². The number of carbonyl (C=O) groups is 1. The molecule has 0 saturated heterocycles. The van der Waals surface area contributed by atoms with Crippen LogP contribution in [0.15, 0.2) is 35.9 Å². The molecule has 0 spiro atoms. The number of carbonyl (C=O) groups excluding carboxylic acids is 1. The fraction of sp³-hybridized carbons (Fsp3) is 0.533. The van der Waals surface area contributed by atoms with E-state index in [9.17, 15) is 4.79 Å². The Morgan fingerprint density at radius 1 is 1.42 bits per heavy atom. The van der Waals surface area contributed by atoms with E-state index in [4.69, 9.17) is 23.1 Å². The molecule has 0 aromatic heterocycles. The van der Waals surface area contributed by atoms with Gasteiger partial charge in [-0.3, -0.25) is 4.79 Å². The Hall–Kier alpha value is -1.06. The Morgan fingerprint density at radius 2 is 1.89 bits per heavy atom. The summed E-state index contributed by atoms with van der Waals surface area (Å²) in [4.78, 5) is 10.2. The van der Waals surface area contributed by atoms with Gasteiger partial charge in [0.25, 0.3) is 0 Å². The summed E-state index contributed by atoms with van der Waals surface area (Å²) < 4.78 is 0. The lowest BCUT2D eigenvalue weighted by Gasteiger charge is -2.01. The molecule has 4 heteroatoms. The van der Waals surface area contributed by atoms with Gasteiger partial charge in [-0.25, -0.2) is 0 Å². The van der Waals surface area contributed by atoms with E-state index in [2.05, 4.69) is 19.6 Å². The largest absolute Gasteiger partial charge is 0.368 e. The average Bonchev–Trinajstić information content (AvgIpc) is 2.31. The van der Waals surface area contributed by atoms with Crippen molar-refractivity contribution in [2.75, 3.05) is 0 Å². The fourth-order valence-corrected chi connectivity index (χ4v) is 0.863. The highest BCUT2D eigenvalue weighted by Gasteiger charge is 2.05. The molecule has 0 aliphatic heterocycles. The molecular weight excluding hydrogens is 260 g/mol. The molecule has 1 amide bonds. The molecule has 0 radical (unpaired) electrons. The van der Waals surface area contributed by atoms with Crippen molar-refractivity contribution in [3.05, 3.63) is 35.9 Å². The topological polar surface area (TPSA) is 69.1 Å². The maximum atomic E-state index is 10.2. The Kier molecular flexibility index (Phi) is 23.4. The highest BCUT2D eigenvalue weighted by atomic mass is 35.5. The molecule has 19 heavy (non-hydrogen) atoms. The Balaban J connectivity index is -0.000000224. The molecule has 0 bridgehead atoms. The first-order valence-electron chi connectivity index (χ1n) is 6.48. The minimum Gasteiger partial charge on any atom is -0.368 e. The van der Waals surface area contributed by atoms with Crippen molar-refractivity contribution in [1.29, 1.82) is 0 Å². The van der Waals surface area contributed by atoms with Gasteiger partial charge in [0.1, 0.15) is 0 Å². The summed E-state index contributed by atoms with van der Waals surface area (Å²) in [6, 6.07) is -0.444. The second kappa shape index (κ2) is 19.3. The van der Waals surface area contributed by atoms with Crippen LogP contribution in [-0.2, 0) is 4.79 Å². The van der Waals surface area contributed by atoms with Gasteiger partial charge in [0.2, 0.25) is 5.91 Å². The van der Waals surface area contributed by atoms with Gasteiger partial charge < -0.3 is 11.5 Å². The number of amides is 1. The summed E-state index contributed by atoms with van der Waals surface area (Å²) in [5.41, 5.74) is 10.1. The van der Waals surface area contributed by atoms with Crippen LogP contribution in [0.5, 0.6) is 0 Å². The van der Waals surface area contributed by atoms with Gasteiger partial charge in [-0.1, -0.05) is 50.1 Å². The van der Waals surface area contributed by atoms with Gasteiger partial charge in [0.15, 0.2) is 0 Å². The lowest BCUT2D eigenvalue weighted by molar-refractivity contribution is -0.119. The molecule has 112 valence electrons. The molecule has 0 rings (SSSR count). The summed E-state index contributed by atoms with van der Waals surface area (Å²) >= 11 is 5.52. The minimum atomic E-state index is -0.444. The van der Waals surface area contributed by atoms with E-state index >= 15 is 0 Å². The third kappa shape index (κ3) is 31.6. The van der Waals surface area contributed by atoms with Crippen molar-refractivity contribution in [3.8, 4) is 0 Å². The first-order valence-corrected chi connectivity index (χ1v) is 6.85. The molecule has 0 heterocycles. The van der Waals surface area contributed by atoms with Crippen molar-refractivity contribution in [2.24, 2.45) is 11.5 Å². The molecule has 1 unspecified atom stereocenters. The van der Waals surface area contributed by atoms with Crippen molar-refractivity contribution in [3.63, 3.8) is 0 Å². The molecule has 1 atom stereocenters. The Labute approximate surface area is 123 Å². The monoisotopic (exact) mass is 288 g/mol. The van der Waals surface area contributed by atoms with E-state index in [0.29, 0.717) is 6.42 Å². The summed E-state index contributed by atoms with van der Waals surface area (Å²) in [6.45, 7) is 11.2. The van der Waals surface area contributed by atoms with Crippen LogP contribution in [0.2, 0.25) is 0 Å². The summed E-state index contributed by atoms with van der Waals surface area (Å²) in [5, 5.41) is 0.828. The van der Waals surface area contributed by atoms with Gasteiger partial charge >= 0.3 is 0 Å². The SMILES string of the molecule is C=CC.CC/C=C\C=C(/C)Cl.CCCC(N)C(N)=O. The first kappa shape index (κ1) is 23.1. The number of hydrogen-bond acceptors (Lipinski definition) is 2. The molecule has 0 aliphatic carbocycles. The number of halogens is 1. The second-order valence-electron chi connectivity index (χ2n) is 3.80. The maximum absolute atomic E-state index is 10.2. The van der Waals surface area contributed by atoms with E-state index in [1.54, 1.807) is 6.08 Å². The zero-order valence-electron chi connectivity index (χ0n) is 12.7. The highest BCUT2D eigenvalue weighted by Crippen LogP contribution is 1.97. The third-order valence-electron chi connectivity index (χ3n) is 1.66. The lowest BCUT2D eigenvalue weighted by Crippen LogP contribution is -2.35. The van der Waals surface area contributed by atoms with Gasteiger partial charge in [-0.15, -0.1) is 6.58 Å². The summed E-state index contributed by atoms with van der Waals surface area (Å²) in [6.07, 6.45) is 10.3. The quantitative estimate of drug-likeness (QED) is 0.595. The Bertz CT molecular complexity index is 269. The standard InChI is InChI=1S/C7H11Cl.C5H12N2O.C3H6/c1-3-4-5-6-7(2)8;1-2-3-4(6)5(7)8;1-3-2/h4-6H,3H2,1-2H3;4H,2-3,6H2,1H3,(H2,7,8);3H,1H2,2H3/b5-4-,7-6+;;. The van der Waals surface area contributed by atoms with E-state index in [-0.39, 0.29) is 0 Å². The molecule has 4 N–H and O–H groups in total. The van der Waals surface area contributed by atoms with Crippen molar-refractivity contribution >= 4 is 17.5 Å². The van der Waals surface area contributed by atoms with Crippen LogP contribution < -0.4 is 11.5 Å². The van der Waals surface area contributed by atoms with Gasteiger partial charge in [-0.2, -0.15) is 0 Å². The number of nitrogens with two attached hydrogens (primary N) is 2. The molecule has 3 nitrogen and oxygen atoms in total. The molecule has 0 fully saturated rings. The van der Waals surface area contributed by atoms with Crippen LogP contribution in [0.3, 0.4) is 0 Å². The summed E-state index contributed by atoms with van der Waals surface area (Å²) in [7, 11) is 0. The molecule has 0 aromatic rings. The molecule has 0 aliphatic rings. The highest BCUT2D eigenvalue weighted by molar-refractivity contribution is 6.29. The third-order valence-corrected chi connectivity index (χ3v) is 1.79. The van der Waals surface area contributed by atoms with Gasteiger partial charge in [-0.05, 0) is 32.8 Å². The molecule has 0 saturated carbocycles. The second-order valence-corrected chi connectivity index (χ2v) is 4.39. The maximum Gasteiger partial charge on any atom is 0.234 e. The fourth-order valence-electron chi connectivity index (χ4n) is 0.790. The number of rotatable bonds is 5. The number of hydrogen-bond donors (Lipinski definition) is 2. The van der Waals surface area contributed by atoms with Crippen molar-refractivity contribution in [2.45, 2.75) is 53.0 Å². The van der Waals surface area contributed by atoms with Gasteiger partial charge in [0, 0.05) is 5.03 Å². The first-order chi connectivity index (χ1) is 8.87. The molecular formula is C15H29ClN2O. The molecule has 0 aromatic carbocycles. The lowest BCUT2D eigenvalue weighted by atomic mass is 10.2. The van der Waals surface area contributed by atoms with E-state index in [1.807, 2.05) is 32.9 Å². The van der Waals surface area contributed by atoms with Crippen LogP contribution in [0.1, 0.15) is 47.0 Å². The summed E-state index contributed by atoms with van der Waals surface area (Å²) in [5.74, 6) is -0.410. The van der Waals surface area contributed by atoms with Crippen LogP contribution in [0.4, 0.5) is 0 Å². The van der Waals surface area contributed by atoms with E-state index in [0.717, 1.165) is 17.9 Å². The number of allylic oxidation sites excluding steroid dienone is 5. The van der Waals surface area contributed by atoms with E-state index in [1.165, 1.54) is 0 Å². The predicted molar refractivity (Wildman–Crippen MR) is 87.0 cm³/mol. The van der Waals surface area contributed by atoms with Gasteiger partial charge in [0.05, 0.1) is 6.04 Å². The van der Waals surface area contributed by atoms with E-state index < -0.39 is 11.9 Å². The normalized spacial score (nSPS) is 11.8. The predicted octanol–water partition coefficient (Wildman–Crippen LogP) is 3.89. The van der Waals surface area contributed by atoms with Crippen LogP contribution in [0, 0.1) is 0 Å². The average molecular weight is 289 g/mol. The van der Waals surface area contributed by atoms with Crippen molar-refractivity contribution in [1.82, 2.24) is 0 Å². The van der Waals surface area contributed by atoms with Crippen LogP contribution >= 0.6 is 11.6 Å². The zero-order valence-corrected chi connectivity index (χ0v) is 13.4. The number of primary amides is 1. The van der Waals surface area contributed by atoms with Crippen LogP contribution in [0.25, 0.3) is 0 Å². The smallest absolute Gasteiger partial charge is 0.234 e. The van der Waals surface area contributed by atoms with Crippen LogP contribution in [-0.4, -0.2) is 11.9 Å². The zero-order chi connectivity index (χ0) is 15.7. The minimum absolute atomic E-state index is 0.410. The Morgan fingerprint density at radius 3 is 2.11 bits per heavy atom.